The Labute approximate surface area is 184 Å². The summed E-state index contributed by atoms with van der Waals surface area (Å²) in [6.07, 6.45) is -2.40. The Morgan fingerprint density at radius 3 is 2.45 bits per heavy atom. The van der Waals surface area contributed by atoms with Gasteiger partial charge in [-0.3, -0.25) is 0 Å². The molecule has 164 valence electrons. The van der Waals surface area contributed by atoms with Crippen molar-refractivity contribution in [2.45, 2.75) is 44.2 Å². The molecule has 0 unspecified atom stereocenters. The van der Waals surface area contributed by atoms with E-state index in [0.717, 1.165) is 17.1 Å². The Hall–Kier alpha value is -2.33. The molecule has 4 N–H and O–H groups in total. The number of aliphatic hydroxyl groups is 4. The quantitative estimate of drug-likeness (QED) is 0.431. The molecule has 8 heteroatoms. The second-order valence-corrected chi connectivity index (χ2v) is 8.43. The van der Waals surface area contributed by atoms with Gasteiger partial charge >= 0.3 is 0 Å². The van der Waals surface area contributed by atoms with Gasteiger partial charge in [0.05, 0.1) is 6.61 Å². The van der Waals surface area contributed by atoms with Crippen molar-refractivity contribution in [3.05, 3.63) is 59.1 Å². The second-order valence-electron chi connectivity index (χ2n) is 7.37. The van der Waals surface area contributed by atoms with Crippen LogP contribution in [0.15, 0.2) is 48.5 Å². The van der Waals surface area contributed by atoms with Crippen LogP contribution in [0.25, 0.3) is 22.4 Å². The lowest BCUT2D eigenvalue weighted by atomic mass is 9.99. The number of thiazole rings is 1. The maximum Gasteiger partial charge on any atom is 0.262 e. The average Bonchev–Trinajstić information content (AvgIpc) is 3.16. The summed E-state index contributed by atoms with van der Waals surface area (Å²) in [6.45, 7) is 2.52. The summed E-state index contributed by atoms with van der Waals surface area (Å²) in [5, 5.41) is 40.3. The lowest BCUT2D eigenvalue weighted by Crippen LogP contribution is -2.60. The summed E-state index contributed by atoms with van der Waals surface area (Å²) in [6, 6.07) is 15.6. The number of nitrogens with zero attached hydrogens (tertiary/aromatic N) is 1. The number of hydrogen-bond donors (Lipinski definition) is 4. The fourth-order valence-electron chi connectivity index (χ4n) is 3.63. The molecule has 1 aliphatic rings. The molecule has 4 rings (SSSR count). The molecular formula is C23H26NO6S+. The van der Waals surface area contributed by atoms with E-state index in [1.807, 2.05) is 30.3 Å². The Bertz CT molecular complexity index is 1050. The first-order chi connectivity index (χ1) is 15.0. The molecule has 0 amide bonds. The number of aliphatic hydroxyl groups excluding tert-OH is 4. The fourth-order valence-corrected chi connectivity index (χ4v) is 4.76. The highest BCUT2D eigenvalue weighted by molar-refractivity contribution is 7.18. The molecule has 3 aromatic rings. The molecule has 1 saturated heterocycles. The molecule has 0 saturated carbocycles. The largest absolute Gasteiger partial charge is 0.462 e. The first-order valence-corrected chi connectivity index (χ1v) is 11.0. The summed E-state index contributed by atoms with van der Waals surface area (Å²) in [5.41, 5.74) is 2.19. The van der Waals surface area contributed by atoms with E-state index in [2.05, 4.69) is 29.7 Å². The van der Waals surface area contributed by atoms with E-state index in [1.165, 1.54) is 10.2 Å². The van der Waals surface area contributed by atoms with Crippen molar-refractivity contribution < 1.29 is 34.5 Å². The predicted molar refractivity (Wildman–Crippen MR) is 117 cm³/mol. The lowest BCUT2D eigenvalue weighted by molar-refractivity contribution is -0.665. The average molecular weight is 445 g/mol. The monoisotopic (exact) mass is 444 g/mol. The highest BCUT2D eigenvalue weighted by atomic mass is 32.1. The second kappa shape index (κ2) is 9.44. The molecule has 0 bridgehead atoms. The molecule has 31 heavy (non-hydrogen) atoms. The maximum absolute atomic E-state index is 10.1. The molecule has 0 aliphatic carbocycles. The van der Waals surface area contributed by atoms with Gasteiger partial charge in [-0.1, -0.05) is 35.6 Å². The molecule has 0 spiro atoms. The van der Waals surface area contributed by atoms with Crippen LogP contribution >= 0.6 is 11.3 Å². The normalized spacial score (nSPS) is 26.5. The van der Waals surface area contributed by atoms with Crippen LogP contribution < -0.4 is 9.30 Å². The van der Waals surface area contributed by atoms with Crippen LogP contribution in [0.2, 0.25) is 0 Å². The van der Waals surface area contributed by atoms with Gasteiger partial charge in [0.2, 0.25) is 11.8 Å². The number of benzene rings is 2. The zero-order valence-electron chi connectivity index (χ0n) is 17.0. The van der Waals surface area contributed by atoms with Crippen LogP contribution in [-0.2, 0) is 11.3 Å². The van der Waals surface area contributed by atoms with E-state index in [0.29, 0.717) is 5.75 Å². The molecule has 5 atom stereocenters. The highest BCUT2D eigenvalue weighted by Crippen LogP contribution is 2.25. The van der Waals surface area contributed by atoms with Crippen LogP contribution in [0.5, 0.6) is 5.75 Å². The smallest absolute Gasteiger partial charge is 0.262 e. The Kier molecular flexibility index (Phi) is 6.66. The van der Waals surface area contributed by atoms with Gasteiger partial charge < -0.3 is 29.9 Å². The third-order valence-electron chi connectivity index (χ3n) is 5.35. The van der Waals surface area contributed by atoms with Gasteiger partial charge in [-0.05, 0) is 36.8 Å². The predicted octanol–water partition coefficient (Wildman–Crippen LogP) is 1.56. The van der Waals surface area contributed by atoms with Crippen LogP contribution in [-0.4, -0.2) is 57.7 Å². The summed E-state index contributed by atoms with van der Waals surface area (Å²) in [7, 11) is 0. The van der Waals surface area contributed by atoms with E-state index < -0.39 is 37.3 Å². The lowest BCUT2D eigenvalue weighted by Gasteiger charge is -2.39. The fraction of sp³-hybridized carbons (Fsp3) is 0.348. The third-order valence-corrected chi connectivity index (χ3v) is 6.48. The molecule has 0 radical (unpaired) electrons. The number of hydrogen-bond acceptors (Lipinski definition) is 7. The van der Waals surface area contributed by atoms with Crippen LogP contribution in [0.4, 0.5) is 0 Å². The summed E-state index contributed by atoms with van der Waals surface area (Å²) in [5.74, 6) is 0.437. The van der Waals surface area contributed by atoms with E-state index in [1.54, 1.807) is 23.5 Å². The van der Waals surface area contributed by atoms with Gasteiger partial charge in [0, 0.05) is 12.1 Å². The standard InChI is InChI=1S/C23H26NO6S/c1-2-24-16-5-3-4-6-18(16)31-19(24)12-9-14-7-10-15(11-8-14)29-23-22(28)21(27)20(26)17(13-25)30-23/h3-12,17,20-23,25-28H,2,13H2,1H3/q+1/t17-,20+,21+,22-,23-/m1/s1. The number of ether oxygens (including phenoxy) is 2. The minimum absolute atomic E-state index is 0.437. The zero-order chi connectivity index (χ0) is 22.0. The van der Waals surface area contributed by atoms with Crippen LogP contribution in [0.3, 0.4) is 0 Å². The van der Waals surface area contributed by atoms with Gasteiger partial charge in [-0.2, -0.15) is 4.57 Å². The molecule has 1 fully saturated rings. The molecule has 2 heterocycles. The highest BCUT2D eigenvalue weighted by Gasteiger charge is 2.44. The zero-order valence-corrected chi connectivity index (χ0v) is 17.9. The Balaban J connectivity index is 1.46. The number of para-hydroxylation sites is 1. The number of aromatic nitrogens is 1. The minimum Gasteiger partial charge on any atom is -0.462 e. The summed E-state index contributed by atoms with van der Waals surface area (Å²) >= 11 is 1.74. The van der Waals surface area contributed by atoms with Crippen molar-refractivity contribution in [3.8, 4) is 5.75 Å². The number of rotatable bonds is 6. The maximum atomic E-state index is 10.1. The van der Waals surface area contributed by atoms with E-state index in [4.69, 9.17) is 9.47 Å². The molecule has 2 aromatic carbocycles. The van der Waals surface area contributed by atoms with Crippen molar-refractivity contribution in [1.82, 2.24) is 0 Å². The Morgan fingerprint density at radius 1 is 1.00 bits per heavy atom. The van der Waals surface area contributed by atoms with Gasteiger partial charge in [0.15, 0.2) is 0 Å². The molecule has 1 aliphatic heterocycles. The molecule has 7 nitrogen and oxygen atoms in total. The van der Waals surface area contributed by atoms with Gasteiger partial charge in [0.1, 0.15) is 41.4 Å². The number of aryl methyl sites for hydroxylation is 1. The van der Waals surface area contributed by atoms with Crippen molar-refractivity contribution in [1.29, 1.82) is 0 Å². The van der Waals surface area contributed by atoms with Gasteiger partial charge in [0.25, 0.3) is 5.01 Å². The Morgan fingerprint density at radius 2 is 1.74 bits per heavy atom. The molecular weight excluding hydrogens is 418 g/mol. The number of fused-ring (bicyclic) bond motifs is 1. The van der Waals surface area contributed by atoms with Crippen LogP contribution in [0, 0.1) is 0 Å². The van der Waals surface area contributed by atoms with E-state index >= 15 is 0 Å². The van der Waals surface area contributed by atoms with Crippen molar-refractivity contribution >= 4 is 33.7 Å². The van der Waals surface area contributed by atoms with Crippen LogP contribution in [0.1, 0.15) is 17.5 Å². The van der Waals surface area contributed by atoms with Crippen molar-refractivity contribution in [2.24, 2.45) is 0 Å². The van der Waals surface area contributed by atoms with Crippen molar-refractivity contribution in [2.75, 3.05) is 6.61 Å². The van der Waals surface area contributed by atoms with E-state index in [-0.39, 0.29) is 0 Å². The molecule has 1 aromatic heterocycles. The van der Waals surface area contributed by atoms with Gasteiger partial charge in [-0.15, -0.1) is 0 Å². The minimum atomic E-state index is -1.47. The van der Waals surface area contributed by atoms with Gasteiger partial charge in [-0.25, -0.2) is 0 Å². The third kappa shape index (κ3) is 4.50. The SMILES string of the molecule is CC[n+]1c(C=Cc2ccc(O[C@@H]3O[C@H](CO)[C@H](O)[C@H](O)[C@H]3O)cc2)sc2ccccc21. The summed E-state index contributed by atoms with van der Waals surface area (Å²) in [4.78, 5) is 0. The first-order valence-electron chi connectivity index (χ1n) is 10.2. The topological polar surface area (TPSA) is 103 Å². The van der Waals surface area contributed by atoms with E-state index in [9.17, 15) is 20.4 Å². The first kappa shape index (κ1) is 21.9. The summed E-state index contributed by atoms with van der Waals surface area (Å²) < 4.78 is 14.5. The van der Waals surface area contributed by atoms with Crippen molar-refractivity contribution in [3.63, 3.8) is 0 Å².